The zero-order chi connectivity index (χ0) is 17.6. The molecule has 0 bridgehead atoms. The van der Waals surface area contributed by atoms with Gasteiger partial charge in [0.1, 0.15) is 0 Å². The third kappa shape index (κ3) is 4.91. The van der Waals surface area contributed by atoms with Gasteiger partial charge in [-0.1, -0.05) is 25.8 Å². The Morgan fingerprint density at radius 1 is 1.25 bits per heavy atom. The second kappa shape index (κ2) is 8.78. The minimum Gasteiger partial charge on any atom is -0.362 e. The predicted molar refractivity (Wildman–Crippen MR) is 103 cm³/mol. The van der Waals surface area contributed by atoms with Crippen LogP contribution in [-0.2, 0) is 10.0 Å². The molecule has 2 rings (SSSR count). The minimum atomic E-state index is -3.44. The van der Waals surface area contributed by atoms with Crippen LogP contribution in [-0.4, -0.2) is 37.5 Å². The fraction of sp³-hybridized carbons (Fsp3) is 0.588. The van der Waals surface area contributed by atoms with Gasteiger partial charge in [-0.25, -0.2) is 8.42 Å². The lowest BCUT2D eigenvalue weighted by atomic mass is 10.2. The highest BCUT2D eigenvalue weighted by atomic mass is 32.2. The first-order valence-corrected chi connectivity index (χ1v) is 10.5. The summed E-state index contributed by atoms with van der Waals surface area (Å²) in [6.07, 6.45) is 5.11. The number of anilines is 1. The maximum atomic E-state index is 12.9. The van der Waals surface area contributed by atoms with E-state index in [4.69, 9.17) is 12.2 Å². The van der Waals surface area contributed by atoms with Crippen LogP contribution in [0.5, 0.6) is 0 Å². The van der Waals surface area contributed by atoms with Gasteiger partial charge in [-0.3, -0.25) is 0 Å². The van der Waals surface area contributed by atoms with Crippen molar-refractivity contribution in [2.75, 3.05) is 25.0 Å². The number of unbranched alkanes of at least 4 members (excludes halogenated alkanes) is 1. The van der Waals surface area contributed by atoms with E-state index in [0.29, 0.717) is 28.8 Å². The molecule has 0 amide bonds. The largest absolute Gasteiger partial charge is 0.362 e. The first-order valence-electron chi connectivity index (χ1n) is 8.61. The van der Waals surface area contributed by atoms with Gasteiger partial charge in [0, 0.05) is 25.3 Å². The van der Waals surface area contributed by atoms with Crippen molar-refractivity contribution >= 4 is 33.0 Å². The Morgan fingerprint density at radius 2 is 1.96 bits per heavy atom. The number of nitrogens with one attached hydrogen (secondary N) is 2. The molecule has 0 atom stereocenters. The predicted octanol–water partition coefficient (Wildman–Crippen LogP) is 3.26. The van der Waals surface area contributed by atoms with Crippen molar-refractivity contribution in [3.8, 4) is 0 Å². The quantitative estimate of drug-likeness (QED) is 0.595. The number of aryl methyl sites for hydroxylation is 1. The smallest absolute Gasteiger partial charge is 0.243 e. The molecule has 0 spiro atoms. The summed E-state index contributed by atoms with van der Waals surface area (Å²) in [5.74, 6) is 0. The zero-order valence-electron chi connectivity index (χ0n) is 14.5. The zero-order valence-corrected chi connectivity index (χ0v) is 16.1. The molecule has 1 aromatic rings. The van der Waals surface area contributed by atoms with Gasteiger partial charge in [-0.05, 0) is 56.1 Å². The number of thiocarbonyl (C=S) groups is 1. The third-order valence-electron chi connectivity index (χ3n) is 4.19. The number of piperidine rings is 1. The maximum absolute atomic E-state index is 12.9. The van der Waals surface area contributed by atoms with Crippen LogP contribution in [0.3, 0.4) is 0 Å². The van der Waals surface area contributed by atoms with Crippen molar-refractivity contribution in [2.45, 2.75) is 50.8 Å². The van der Waals surface area contributed by atoms with E-state index < -0.39 is 10.0 Å². The molecule has 1 aliphatic rings. The first-order chi connectivity index (χ1) is 11.4. The summed E-state index contributed by atoms with van der Waals surface area (Å²) in [6, 6.07) is 5.37. The van der Waals surface area contributed by atoms with Gasteiger partial charge < -0.3 is 10.6 Å². The summed E-state index contributed by atoms with van der Waals surface area (Å²) < 4.78 is 27.4. The van der Waals surface area contributed by atoms with Crippen LogP contribution in [0.15, 0.2) is 23.1 Å². The Labute approximate surface area is 150 Å². The molecule has 24 heavy (non-hydrogen) atoms. The standard InChI is InChI=1S/C17H27N3O2S2/c1-3-4-10-18-17(23)19-15-9-8-14(2)16(13-15)24(21,22)20-11-6-5-7-12-20/h8-9,13H,3-7,10-12H2,1-2H3,(H2,18,19,23). The molecule has 0 saturated carbocycles. The van der Waals surface area contributed by atoms with Gasteiger partial charge in [0.15, 0.2) is 5.11 Å². The van der Waals surface area contributed by atoms with Crippen molar-refractivity contribution in [3.05, 3.63) is 23.8 Å². The molecule has 0 aliphatic carbocycles. The van der Waals surface area contributed by atoms with Crippen LogP contribution < -0.4 is 10.6 Å². The average Bonchev–Trinajstić information content (AvgIpc) is 2.57. The van der Waals surface area contributed by atoms with Gasteiger partial charge in [0.2, 0.25) is 10.0 Å². The average molecular weight is 370 g/mol. The molecule has 1 saturated heterocycles. The second-order valence-corrected chi connectivity index (χ2v) is 8.49. The molecule has 1 aromatic carbocycles. The van der Waals surface area contributed by atoms with E-state index in [0.717, 1.165) is 44.2 Å². The number of hydrogen-bond acceptors (Lipinski definition) is 3. The Hall–Kier alpha value is -1.18. The molecule has 0 radical (unpaired) electrons. The Balaban J connectivity index is 2.14. The fourth-order valence-electron chi connectivity index (χ4n) is 2.75. The molecule has 0 unspecified atom stereocenters. The summed E-state index contributed by atoms with van der Waals surface area (Å²) >= 11 is 5.26. The van der Waals surface area contributed by atoms with E-state index in [1.54, 1.807) is 10.4 Å². The monoisotopic (exact) mass is 369 g/mol. The topological polar surface area (TPSA) is 61.4 Å². The van der Waals surface area contributed by atoms with Crippen LogP contribution in [0.25, 0.3) is 0 Å². The van der Waals surface area contributed by atoms with Crippen molar-refractivity contribution in [1.82, 2.24) is 9.62 Å². The van der Waals surface area contributed by atoms with Crippen LogP contribution in [0.4, 0.5) is 5.69 Å². The number of nitrogens with zero attached hydrogens (tertiary/aromatic N) is 1. The SMILES string of the molecule is CCCCNC(=S)Nc1ccc(C)c(S(=O)(=O)N2CCCCC2)c1. The number of rotatable bonds is 6. The van der Waals surface area contributed by atoms with Crippen molar-refractivity contribution in [2.24, 2.45) is 0 Å². The molecule has 1 heterocycles. The molecule has 5 nitrogen and oxygen atoms in total. The van der Waals surface area contributed by atoms with Crippen molar-refractivity contribution in [3.63, 3.8) is 0 Å². The molecule has 7 heteroatoms. The van der Waals surface area contributed by atoms with E-state index in [9.17, 15) is 8.42 Å². The van der Waals surface area contributed by atoms with Gasteiger partial charge in [0.25, 0.3) is 0 Å². The molecule has 0 aromatic heterocycles. The van der Waals surface area contributed by atoms with Crippen LogP contribution >= 0.6 is 12.2 Å². The lowest BCUT2D eigenvalue weighted by Crippen LogP contribution is -2.36. The Bertz CT molecular complexity index is 668. The highest BCUT2D eigenvalue weighted by Gasteiger charge is 2.27. The minimum absolute atomic E-state index is 0.366. The highest BCUT2D eigenvalue weighted by molar-refractivity contribution is 7.89. The summed E-state index contributed by atoms with van der Waals surface area (Å²) in [4.78, 5) is 0.366. The highest BCUT2D eigenvalue weighted by Crippen LogP contribution is 2.26. The van der Waals surface area contributed by atoms with E-state index in [2.05, 4.69) is 17.6 Å². The van der Waals surface area contributed by atoms with E-state index >= 15 is 0 Å². The lowest BCUT2D eigenvalue weighted by molar-refractivity contribution is 0.346. The Kier molecular flexibility index (Phi) is 7.01. The van der Waals surface area contributed by atoms with Gasteiger partial charge in [-0.2, -0.15) is 4.31 Å². The van der Waals surface area contributed by atoms with Gasteiger partial charge >= 0.3 is 0 Å². The normalized spacial score (nSPS) is 15.9. The number of benzene rings is 1. The van der Waals surface area contributed by atoms with Crippen molar-refractivity contribution < 1.29 is 8.42 Å². The molecular weight excluding hydrogens is 342 g/mol. The molecule has 1 fully saturated rings. The van der Waals surface area contributed by atoms with Crippen LogP contribution in [0, 0.1) is 6.92 Å². The summed E-state index contributed by atoms with van der Waals surface area (Å²) in [6.45, 7) is 5.98. The van der Waals surface area contributed by atoms with Crippen LogP contribution in [0.1, 0.15) is 44.6 Å². The Morgan fingerprint density at radius 3 is 2.62 bits per heavy atom. The van der Waals surface area contributed by atoms with Crippen molar-refractivity contribution in [1.29, 1.82) is 0 Å². The second-order valence-electron chi connectivity index (χ2n) is 6.18. The molecule has 1 aliphatic heterocycles. The van der Waals surface area contributed by atoms with E-state index in [-0.39, 0.29) is 0 Å². The molecule has 134 valence electrons. The number of sulfonamides is 1. The molecule has 2 N–H and O–H groups in total. The van der Waals surface area contributed by atoms with E-state index in [1.165, 1.54) is 0 Å². The summed E-state index contributed by atoms with van der Waals surface area (Å²) in [7, 11) is -3.44. The molecular formula is C17H27N3O2S2. The van der Waals surface area contributed by atoms with Gasteiger partial charge in [-0.15, -0.1) is 0 Å². The van der Waals surface area contributed by atoms with E-state index in [1.807, 2.05) is 19.1 Å². The number of hydrogen-bond donors (Lipinski definition) is 2. The lowest BCUT2D eigenvalue weighted by Gasteiger charge is -2.26. The third-order valence-corrected chi connectivity index (χ3v) is 6.48. The van der Waals surface area contributed by atoms with Gasteiger partial charge in [0.05, 0.1) is 4.90 Å². The maximum Gasteiger partial charge on any atom is 0.243 e. The fourth-order valence-corrected chi connectivity index (χ4v) is 4.74. The first kappa shape index (κ1) is 19.1. The van der Waals surface area contributed by atoms with Crippen LogP contribution in [0.2, 0.25) is 0 Å². The summed E-state index contributed by atoms with van der Waals surface area (Å²) in [5, 5.41) is 6.73. The summed E-state index contributed by atoms with van der Waals surface area (Å²) in [5.41, 5.74) is 1.46.